The van der Waals surface area contributed by atoms with Crippen LogP contribution in [0.4, 0.5) is 0 Å². The van der Waals surface area contributed by atoms with Gasteiger partial charge in [-0.15, -0.1) is 0 Å². The molecule has 2 atom stereocenters. The van der Waals surface area contributed by atoms with Crippen LogP contribution in [0.1, 0.15) is 33.0 Å². The van der Waals surface area contributed by atoms with Gasteiger partial charge in [-0.3, -0.25) is 9.69 Å². The molecule has 0 fully saturated rings. The van der Waals surface area contributed by atoms with Gasteiger partial charge in [0.25, 0.3) is 0 Å². The summed E-state index contributed by atoms with van der Waals surface area (Å²) in [5.41, 5.74) is 4.85. The topological polar surface area (TPSA) is 76.2 Å². The summed E-state index contributed by atoms with van der Waals surface area (Å²) in [5, 5.41) is 3.19. The van der Waals surface area contributed by atoms with Crippen molar-refractivity contribution in [2.24, 2.45) is 12.8 Å². The van der Waals surface area contributed by atoms with Gasteiger partial charge >= 0.3 is 0 Å². The van der Waals surface area contributed by atoms with Gasteiger partial charge in [-0.1, -0.05) is 6.92 Å². The lowest BCUT2D eigenvalue weighted by molar-refractivity contribution is -0.124. The SMILES string of the molecule is CCNC(C)(CC(C)N(C)Cc1nccn1C)C(N)=O. The van der Waals surface area contributed by atoms with Crippen molar-refractivity contribution in [3.05, 3.63) is 18.2 Å². The Morgan fingerprint density at radius 1 is 1.65 bits per heavy atom. The van der Waals surface area contributed by atoms with Crippen molar-refractivity contribution in [2.75, 3.05) is 13.6 Å². The van der Waals surface area contributed by atoms with Crippen LogP contribution in [0.5, 0.6) is 0 Å². The average Bonchev–Trinajstić information content (AvgIpc) is 2.75. The predicted molar refractivity (Wildman–Crippen MR) is 80.0 cm³/mol. The number of carbonyl (C=O) groups is 1. The van der Waals surface area contributed by atoms with E-state index in [0.29, 0.717) is 6.42 Å². The minimum atomic E-state index is -0.677. The highest BCUT2D eigenvalue weighted by atomic mass is 16.1. The summed E-state index contributed by atoms with van der Waals surface area (Å²) < 4.78 is 2.00. The van der Waals surface area contributed by atoms with Crippen molar-refractivity contribution in [3.8, 4) is 0 Å². The van der Waals surface area contributed by atoms with Crippen LogP contribution in [0.15, 0.2) is 12.4 Å². The molecule has 0 radical (unpaired) electrons. The molecule has 1 amide bonds. The third kappa shape index (κ3) is 4.05. The molecule has 0 aliphatic heterocycles. The first kappa shape index (κ1) is 16.7. The van der Waals surface area contributed by atoms with E-state index in [1.807, 2.05) is 38.7 Å². The summed E-state index contributed by atoms with van der Waals surface area (Å²) in [6.45, 7) is 7.40. The Labute approximate surface area is 121 Å². The Morgan fingerprint density at radius 3 is 2.75 bits per heavy atom. The first-order valence-electron chi connectivity index (χ1n) is 7.01. The fourth-order valence-electron chi connectivity index (χ4n) is 2.32. The molecule has 1 rings (SSSR count). The van der Waals surface area contributed by atoms with Crippen LogP contribution in [-0.4, -0.2) is 45.5 Å². The van der Waals surface area contributed by atoms with Crippen molar-refractivity contribution >= 4 is 5.91 Å². The van der Waals surface area contributed by atoms with E-state index in [-0.39, 0.29) is 11.9 Å². The summed E-state index contributed by atoms with van der Waals surface area (Å²) in [6, 6.07) is 0.211. The van der Waals surface area contributed by atoms with Crippen molar-refractivity contribution in [1.29, 1.82) is 0 Å². The largest absolute Gasteiger partial charge is 0.368 e. The predicted octanol–water partition coefficient (Wildman–Crippen LogP) is 0.484. The summed E-state index contributed by atoms with van der Waals surface area (Å²) >= 11 is 0. The Balaban J connectivity index is 2.66. The zero-order valence-corrected chi connectivity index (χ0v) is 13.2. The highest BCUT2D eigenvalue weighted by Crippen LogP contribution is 2.16. The molecular weight excluding hydrogens is 254 g/mol. The van der Waals surface area contributed by atoms with E-state index >= 15 is 0 Å². The molecule has 1 aromatic heterocycles. The number of hydrogen-bond acceptors (Lipinski definition) is 4. The number of aryl methyl sites for hydroxylation is 1. The third-order valence-corrected chi connectivity index (χ3v) is 3.88. The van der Waals surface area contributed by atoms with Gasteiger partial charge in [-0.05, 0) is 33.9 Å². The minimum absolute atomic E-state index is 0.211. The smallest absolute Gasteiger partial charge is 0.237 e. The molecule has 0 aliphatic rings. The number of likely N-dealkylation sites (N-methyl/N-ethyl adjacent to an activating group) is 1. The summed E-state index contributed by atoms with van der Waals surface area (Å²) in [5.74, 6) is 0.695. The van der Waals surface area contributed by atoms with Gasteiger partial charge in [0, 0.05) is 25.5 Å². The molecular formula is C14H27N5O. The monoisotopic (exact) mass is 281 g/mol. The lowest BCUT2D eigenvalue weighted by atomic mass is 9.92. The average molecular weight is 281 g/mol. The van der Waals surface area contributed by atoms with E-state index in [1.165, 1.54) is 0 Å². The second-order valence-corrected chi connectivity index (χ2v) is 5.65. The lowest BCUT2D eigenvalue weighted by Gasteiger charge is -2.34. The Hall–Kier alpha value is -1.40. The van der Waals surface area contributed by atoms with Crippen LogP contribution in [0.3, 0.4) is 0 Å². The molecule has 0 spiro atoms. The van der Waals surface area contributed by atoms with Crippen LogP contribution in [-0.2, 0) is 18.4 Å². The van der Waals surface area contributed by atoms with Crippen LogP contribution in [0, 0.1) is 0 Å². The molecule has 0 aliphatic carbocycles. The van der Waals surface area contributed by atoms with Crippen LogP contribution < -0.4 is 11.1 Å². The first-order chi connectivity index (χ1) is 9.30. The Morgan fingerprint density at radius 2 is 2.30 bits per heavy atom. The molecule has 1 aromatic rings. The number of nitrogens with one attached hydrogen (secondary N) is 1. The molecule has 0 saturated carbocycles. The molecule has 3 N–H and O–H groups in total. The fraction of sp³-hybridized carbons (Fsp3) is 0.714. The number of hydrogen-bond donors (Lipinski definition) is 2. The summed E-state index contributed by atoms with van der Waals surface area (Å²) in [6.07, 6.45) is 4.39. The molecule has 0 aromatic carbocycles. The van der Waals surface area contributed by atoms with Gasteiger partial charge in [0.15, 0.2) is 0 Å². The van der Waals surface area contributed by atoms with Crippen molar-refractivity contribution in [1.82, 2.24) is 19.8 Å². The second-order valence-electron chi connectivity index (χ2n) is 5.65. The number of carbonyl (C=O) groups excluding carboxylic acids is 1. The molecule has 6 heteroatoms. The molecule has 20 heavy (non-hydrogen) atoms. The summed E-state index contributed by atoms with van der Waals surface area (Å²) in [7, 11) is 4.01. The Kier molecular flexibility index (Phi) is 5.71. The number of nitrogens with two attached hydrogens (primary N) is 1. The van der Waals surface area contributed by atoms with Crippen LogP contribution in [0.25, 0.3) is 0 Å². The number of amides is 1. The van der Waals surface area contributed by atoms with E-state index in [2.05, 4.69) is 22.1 Å². The lowest BCUT2D eigenvalue weighted by Crippen LogP contribution is -2.56. The van der Waals surface area contributed by atoms with E-state index in [1.54, 1.807) is 6.20 Å². The van der Waals surface area contributed by atoms with Gasteiger partial charge in [0.2, 0.25) is 5.91 Å². The van der Waals surface area contributed by atoms with Crippen molar-refractivity contribution in [3.63, 3.8) is 0 Å². The van der Waals surface area contributed by atoms with Gasteiger partial charge in [0.05, 0.1) is 12.1 Å². The quantitative estimate of drug-likeness (QED) is 0.727. The van der Waals surface area contributed by atoms with Crippen LogP contribution >= 0.6 is 0 Å². The van der Waals surface area contributed by atoms with E-state index < -0.39 is 5.54 Å². The Bertz CT molecular complexity index is 445. The fourth-order valence-corrected chi connectivity index (χ4v) is 2.32. The van der Waals surface area contributed by atoms with E-state index in [0.717, 1.165) is 18.9 Å². The van der Waals surface area contributed by atoms with Gasteiger partial charge < -0.3 is 15.6 Å². The first-order valence-corrected chi connectivity index (χ1v) is 7.01. The standard InChI is InChI=1S/C14H27N5O/c1-6-17-14(3,13(15)20)9-11(2)19(5)10-12-16-7-8-18(12)4/h7-8,11,17H,6,9-10H2,1-5H3,(H2,15,20). The maximum absolute atomic E-state index is 11.7. The van der Waals surface area contributed by atoms with Gasteiger partial charge in [0.1, 0.15) is 5.82 Å². The zero-order valence-electron chi connectivity index (χ0n) is 13.2. The molecule has 6 nitrogen and oxygen atoms in total. The molecule has 0 saturated heterocycles. The van der Waals surface area contributed by atoms with Crippen molar-refractivity contribution in [2.45, 2.75) is 45.3 Å². The second kappa shape index (κ2) is 6.85. The number of primary amides is 1. The molecule has 0 bridgehead atoms. The van der Waals surface area contributed by atoms with Gasteiger partial charge in [-0.25, -0.2) is 4.98 Å². The number of nitrogens with zero attached hydrogens (tertiary/aromatic N) is 3. The van der Waals surface area contributed by atoms with E-state index in [4.69, 9.17) is 5.73 Å². The highest BCUT2D eigenvalue weighted by Gasteiger charge is 2.32. The van der Waals surface area contributed by atoms with Crippen molar-refractivity contribution < 1.29 is 4.79 Å². The maximum Gasteiger partial charge on any atom is 0.237 e. The number of aromatic nitrogens is 2. The zero-order chi connectivity index (χ0) is 15.3. The molecule has 1 heterocycles. The highest BCUT2D eigenvalue weighted by molar-refractivity contribution is 5.84. The number of rotatable bonds is 8. The van der Waals surface area contributed by atoms with Crippen LogP contribution in [0.2, 0.25) is 0 Å². The third-order valence-electron chi connectivity index (χ3n) is 3.88. The summed E-state index contributed by atoms with van der Waals surface area (Å²) in [4.78, 5) is 18.2. The maximum atomic E-state index is 11.7. The molecule has 114 valence electrons. The normalized spacial score (nSPS) is 16.1. The minimum Gasteiger partial charge on any atom is -0.368 e. The number of imidazole rings is 1. The van der Waals surface area contributed by atoms with E-state index in [9.17, 15) is 4.79 Å². The molecule has 2 unspecified atom stereocenters. The van der Waals surface area contributed by atoms with Gasteiger partial charge in [-0.2, -0.15) is 0 Å².